The maximum Gasteiger partial charge on any atom is 0.233 e. The van der Waals surface area contributed by atoms with Gasteiger partial charge in [0.2, 0.25) is 5.91 Å². The first-order valence-electron chi connectivity index (χ1n) is 9.23. The minimum Gasteiger partial charge on any atom is -0.334 e. The number of thioether (sulfide) groups is 1. The van der Waals surface area contributed by atoms with Crippen LogP contribution in [0.3, 0.4) is 0 Å². The van der Waals surface area contributed by atoms with E-state index in [1.165, 1.54) is 11.8 Å². The lowest BCUT2D eigenvalue weighted by atomic mass is 10.1. The quantitative estimate of drug-likeness (QED) is 0.529. The van der Waals surface area contributed by atoms with Crippen molar-refractivity contribution in [2.24, 2.45) is 0 Å². The summed E-state index contributed by atoms with van der Waals surface area (Å²) in [6.07, 6.45) is 0.491. The van der Waals surface area contributed by atoms with E-state index in [1.807, 2.05) is 51.1 Å². The summed E-state index contributed by atoms with van der Waals surface area (Å²) < 4.78 is 23.9. The van der Waals surface area contributed by atoms with E-state index in [-0.39, 0.29) is 29.2 Å². The third-order valence-corrected chi connectivity index (χ3v) is 7.68. The lowest BCUT2D eigenvalue weighted by molar-refractivity contribution is -0.130. The van der Waals surface area contributed by atoms with Gasteiger partial charge in [-0.2, -0.15) is 0 Å². The third kappa shape index (κ3) is 5.11. The summed E-state index contributed by atoms with van der Waals surface area (Å²) in [6.45, 7) is 6.25. The van der Waals surface area contributed by atoms with Crippen LogP contribution in [0.15, 0.2) is 35.5 Å². The van der Waals surface area contributed by atoms with Crippen LogP contribution in [0.4, 0.5) is 0 Å². The average molecular weight is 420 g/mol. The second kappa shape index (κ2) is 8.61. The Morgan fingerprint density at radius 1 is 1.14 bits per heavy atom. The molecule has 1 aromatic carbocycles. The number of carbonyl (C=O) groups is 1. The van der Waals surface area contributed by atoms with Gasteiger partial charge in [-0.25, -0.2) is 18.4 Å². The molecule has 1 atom stereocenters. The summed E-state index contributed by atoms with van der Waals surface area (Å²) in [7, 11) is -3.07. The Balaban J connectivity index is 1.74. The van der Waals surface area contributed by atoms with E-state index in [2.05, 4.69) is 9.97 Å². The summed E-state index contributed by atoms with van der Waals surface area (Å²) in [6, 6.07) is 9.39. The van der Waals surface area contributed by atoms with Crippen molar-refractivity contribution >= 4 is 27.5 Å². The number of hydrogen-bond donors (Lipinski definition) is 0. The first-order chi connectivity index (χ1) is 13.2. The number of carbonyl (C=O) groups excluding carboxylic acids is 1. The number of aromatic nitrogens is 2. The molecule has 0 N–H and O–H groups in total. The predicted molar refractivity (Wildman–Crippen MR) is 111 cm³/mol. The van der Waals surface area contributed by atoms with Crippen LogP contribution in [-0.4, -0.2) is 52.5 Å². The highest BCUT2D eigenvalue weighted by Crippen LogP contribution is 2.23. The number of hydrogen-bond acceptors (Lipinski definition) is 6. The zero-order chi connectivity index (χ0) is 20.3. The summed E-state index contributed by atoms with van der Waals surface area (Å²) in [5.41, 5.74) is 3.86. The van der Waals surface area contributed by atoms with Gasteiger partial charge in [0.05, 0.1) is 17.3 Å². The minimum atomic E-state index is -3.07. The number of amides is 1. The van der Waals surface area contributed by atoms with Gasteiger partial charge in [-0.1, -0.05) is 42.1 Å². The number of nitrogens with zero attached hydrogens (tertiary/aromatic N) is 3. The lowest BCUT2D eigenvalue weighted by Crippen LogP contribution is -2.41. The van der Waals surface area contributed by atoms with Crippen molar-refractivity contribution in [3.8, 4) is 0 Å². The van der Waals surface area contributed by atoms with Crippen LogP contribution >= 0.6 is 11.8 Å². The number of rotatable bonds is 6. The zero-order valence-electron chi connectivity index (χ0n) is 16.4. The second-order valence-electron chi connectivity index (χ2n) is 7.15. The second-order valence-corrected chi connectivity index (χ2v) is 10.3. The summed E-state index contributed by atoms with van der Waals surface area (Å²) >= 11 is 1.30. The van der Waals surface area contributed by atoms with Gasteiger partial charge < -0.3 is 4.90 Å². The zero-order valence-corrected chi connectivity index (χ0v) is 18.0. The summed E-state index contributed by atoms with van der Waals surface area (Å²) in [5.74, 6) is 0.277. The molecule has 8 heteroatoms. The van der Waals surface area contributed by atoms with E-state index in [1.54, 1.807) is 4.90 Å². The topological polar surface area (TPSA) is 80.2 Å². The molecule has 1 amide bonds. The van der Waals surface area contributed by atoms with Crippen molar-refractivity contribution in [2.75, 3.05) is 17.3 Å². The molecule has 3 rings (SSSR count). The normalized spacial score (nSPS) is 18.2. The largest absolute Gasteiger partial charge is 0.334 e. The number of aryl methyl sites for hydroxylation is 2. The third-order valence-electron chi connectivity index (χ3n) is 5.10. The van der Waals surface area contributed by atoms with Crippen LogP contribution < -0.4 is 0 Å². The number of sulfone groups is 1. The van der Waals surface area contributed by atoms with E-state index < -0.39 is 9.84 Å². The molecule has 28 heavy (non-hydrogen) atoms. The fourth-order valence-corrected chi connectivity index (χ4v) is 5.79. The van der Waals surface area contributed by atoms with Gasteiger partial charge in [0.25, 0.3) is 0 Å². The first kappa shape index (κ1) is 20.8. The Morgan fingerprint density at radius 3 is 2.36 bits per heavy atom. The van der Waals surface area contributed by atoms with Crippen molar-refractivity contribution in [1.29, 1.82) is 0 Å². The van der Waals surface area contributed by atoms with E-state index in [9.17, 15) is 13.2 Å². The molecular formula is C20H25N3O3S2. The van der Waals surface area contributed by atoms with Crippen LogP contribution in [-0.2, 0) is 21.2 Å². The molecule has 0 spiro atoms. The summed E-state index contributed by atoms with van der Waals surface area (Å²) in [5, 5.41) is 0.577. The molecule has 0 unspecified atom stereocenters. The maximum atomic E-state index is 13.0. The van der Waals surface area contributed by atoms with Crippen LogP contribution in [0, 0.1) is 20.8 Å². The van der Waals surface area contributed by atoms with Gasteiger partial charge in [-0.05, 0) is 38.3 Å². The van der Waals surface area contributed by atoms with Gasteiger partial charge >= 0.3 is 0 Å². The summed E-state index contributed by atoms with van der Waals surface area (Å²) in [4.78, 5) is 23.6. The fourth-order valence-electron chi connectivity index (χ4n) is 3.24. The van der Waals surface area contributed by atoms with Crippen molar-refractivity contribution in [1.82, 2.24) is 14.9 Å². The molecule has 0 radical (unpaired) electrons. The van der Waals surface area contributed by atoms with E-state index in [4.69, 9.17) is 0 Å². The highest BCUT2D eigenvalue weighted by Gasteiger charge is 2.34. The SMILES string of the molecule is Cc1nc(SCC(=O)N(Cc2ccccc2)[C@@H]2CCS(=O)(=O)C2)nc(C)c1C. The molecule has 150 valence electrons. The molecule has 1 aliphatic rings. The molecule has 2 aromatic rings. The molecule has 1 saturated heterocycles. The van der Waals surface area contributed by atoms with Gasteiger partial charge in [-0.15, -0.1) is 0 Å². The molecule has 6 nitrogen and oxygen atoms in total. The molecule has 0 aliphatic carbocycles. The first-order valence-corrected chi connectivity index (χ1v) is 12.0. The lowest BCUT2D eigenvalue weighted by Gasteiger charge is -2.28. The molecule has 0 bridgehead atoms. The highest BCUT2D eigenvalue weighted by atomic mass is 32.2. The van der Waals surface area contributed by atoms with Gasteiger partial charge in [-0.3, -0.25) is 4.79 Å². The standard InChI is InChI=1S/C20H25N3O3S2/c1-14-15(2)21-20(22-16(14)3)27-12-19(24)23(11-17-7-5-4-6-8-17)18-9-10-28(25,26)13-18/h4-8,18H,9-13H2,1-3H3/t18-/m1/s1. The van der Waals surface area contributed by atoms with Crippen LogP contribution in [0.2, 0.25) is 0 Å². The van der Waals surface area contributed by atoms with E-state index in [0.29, 0.717) is 18.1 Å². The van der Waals surface area contributed by atoms with Gasteiger partial charge in [0.1, 0.15) is 0 Å². The van der Waals surface area contributed by atoms with Gasteiger partial charge in [0, 0.05) is 24.0 Å². The number of benzene rings is 1. The Morgan fingerprint density at radius 2 is 1.79 bits per heavy atom. The fraction of sp³-hybridized carbons (Fsp3) is 0.450. The molecule has 2 heterocycles. The van der Waals surface area contributed by atoms with E-state index >= 15 is 0 Å². The molecule has 1 aromatic heterocycles. The van der Waals surface area contributed by atoms with Crippen LogP contribution in [0.25, 0.3) is 0 Å². The molecular weight excluding hydrogens is 394 g/mol. The smallest absolute Gasteiger partial charge is 0.233 e. The van der Waals surface area contributed by atoms with Crippen molar-refractivity contribution < 1.29 is 13.2 Å². The molecule has 1 aliphatic heterocycles. The predicted octanol–water partition coefficient (Wildman–Crippen LogP) is 2.71. The highest BCUT2D eigenvalue weighted by molar-refractivity contribution is 7.99. The molecule has 0 saturated carbocycles. The average Bonchev–Trinajstić information content (AvgIpc) is 3.02. The van der Waals surface area contributed by atoms with E-state index in [0.717, 1.165) is 22.5 Å². The monoisotopic (exact) mass is 419 g/mol. The Hall–Kier alpha value is -1.93. The maximum absolute atomic E-state index is 13.0. The van der Waals surface area contributed by atoms with Gasteiger partial charge in [0.15, 0.2) is 15.0 Å². The van der Waals surface area contributed by atoms with Crippen molar-refractivity contribution in [3.63, 3.8) is 0 Å². The molecule has 1 fully saturated rings. The minimum absolute atomic E-state index is 0.0372. The van der Waals surface area contributed by atoms with Crippen molar-refractivity contribution in [3.05, 3.63) is 52.8 Å². The van der Waals surface area contributed by atoms with Crippen LogP contribution in [0.1, 0.15) is 28.9 Å². The Labute approximate surface area is 170 Å². The Kier molecular flexibility index (Phi) is 6.40. The van der Waals surface area contributed by atoms with Crippen molar-refractivity contribution in [2.45, 2.75) is 44.9 Å². The van der Waals surface area contributed by atoms with Crippen LogP contribution in [0.5, 0.6) is 0 Å². The Bertz CT molecular complexity index is 939.